The van der Waals surface area contributed by atoms with Crippen molar-refractivity contribution >= 4 is 22.5 Å². The number of ether oxygens (including phenoxy) is 1. The molecule has 0 atom stereocenters. The van der Waals surface area contributed by atoms with Gasteiger partial charge in [-0.25, -0.2) is 0 Å². The van der Waals surface area contributed by atoms with Gasteiger partial charge in [-0.05, 0) is 42.0 Å². The van der Waals surface area contributed by atoms with E-state index in [0.717, 1.165) is 22.9 Å². The van der Waals surface area contributed by atoms with Crippen molar-refractivity contribution in [3.8, 4) is 5.75 Å². The van der Waals surface area contributed by atoms with Gasteiger partial charge in [-0.15, -0.1) is 6.58 Å². The third-order valence-electron chi connectivity index (χ3n) is 3.39. The van der Waals surface area contributed by atoms with Gasteiger partial charge < -0.3 is 9.30 Å². The molecule has 0 radical (unpaired) electrons. The third kappa shape index (κ3) is 3.11. The van der Waals surface area contributed by atoms with Crippen LogP contribution in [0.15, 0.2) is 67.4 Å². The quantitative estimate of drug-likeness (QED) is 0.600. The Hall–Kier alpha value is -2.19. The summed E-state index contributed by atoms with van der Waals surface area (Å²) in [4.78, 5) is 0. The molecule has 0 aliphatic carbocycles. The minimum atomic E-state index is 0.538. The van der Waals surface area contributed by atoms with Gasteiger partial charge in [0.25, 0.3) is 0 Å². The van der Waals surface area contributed by atoms with Crippen LogP contribution in [0, 0.1) is 0 Å². The van der Waals surface area contributed by atoms with Crippen LogP contribution in [0.5, 0.6) is 5.75 Å². The lowest BCUT2D eigenvalue weighted by molar-refractivity contribution is 0.306. The highest BCUT2D eigenvalue weighted by atomic mass is 35.5. The summed E-state index contributed by atoms with van der Waals surface area (Å²) in [6.45, 7) is 5.13. The maximum Gasteiger partial charge on any atom is 0.120 e. The van der Waals surface area contributed by atoms with Crippen LogP contribution >= 0.6 is 11.6 Å². The number of allylic oxidation sites excluding steroid dienone is 1. The third-order valence-corrected chi connectivity index (χ3v) is 3.64. The Bertz CT molecular complexity index is 758. The van der Waals surface area contributed by atoms with Gasteiger partial charge in [0.1, 0.15) is 12.4 Å². The first kappa shape index (κ1) is 13.8. The first-order valence-electron chi connectivity index (χ1n) is 6.83. The molecular weight excluding hydrogens is 282 g/mol. The summed E-state index contributed by atoms with van der Waals surface area (Å²) in [5.41, 5.74) is 2.29. The minimum absolute atomic E-state index is 0.538. The molecule has 1 aromatic heterocycles. The Morgan fingerprint density at radius 3 is 2.67 bits per heavy atom. The molecule has 0 unspecified atom stereocenters. The van der Waals surface area contributed by atoms with Gasteiger partial charge in [-0.3, -0.25) is 0 Å². The van der Waals surface area contributed by atoms with Crippen LogP contribution in [0.1, 0.15) is 5.56 Å². The van der Waals surface area contributed by atoms with Gasteiger partial charge in [0, 0.05) is 28.7 Å². The minimum Gasteiger partial charge on any atom is -0.489 e. The first-order valence-corrected chi connectivity index (χ1v) is 7.21. The maximum atomic E-state index is 5.87. The molecule has 0 bridgehead atoms. The van der Waals surface area contributed by atoms with Crippen LogP contribution in [0.25, 0.3) is 10.9 Å². The zero-order chi connectivity index (χ0) is 14.7. The Kier molecular flexibility index (Phi) is 3.98. The second kappa shape index (κ2) is 6.06. The smallest absolute Gasteiger partial charge is 0.120 e. The van der Waals surface area contributed by atoms with Gasteiger partial charge in [0.05, 0.1) is 0 Å². The van der Waals surface area contributed by atoms with Gasteiger partial charge in [-0.1, -0.05) is 29.8 Å². The van der Waals surface area contributed by atoms with Gasteiger partial charge >= 0.3 is 0 Å². The summed E-state index contributed by atoms with van der Waals surface area (Å²) in [7, 11) is 0. The van der Waals surface area contributed by atoms with E-state index in [-0.39, 0.29) is 0 Å². The summed E-state index contributed by atoms with van der Waals surface area (Å²) in [5, 5.41) is 1.91. The number of aromatic nitrogens is 1. The molecule has 1 heterocycles. The number of benzene rings is 2. The van der Waals surface area contributed by atoms with E-state index >= 15 is 0 Å². The Morgan fingerprint density at radius 2 is 1.90 bits per heavy atom. The standard InChI is InChI=1S/C18H16ClNO/c1-2-10-20-11-9-15-12-17(7-8-18(15)20)21-13-14-3-5-16(19)6-4-14/h2-9,11-12H,1,10,13H2. The highest BCUT2D eigenvalue weighted by Gasteiger charge is 2.02. The second-order valence-corrected chi connectivity index (χ2v) is 5.33. The number of fused-ring (bicyclic) bond motifs is 1. The van der Waals surface area contributed by atoms with Crippen molar-refractivity contribution in [2.45, 2.75) is 13.2 Å². The molecule has 0 amide bonds. The van der Waals surface area contributed by atoms with Gasteiger partial charge in [0.15, 0.2) is 0 Å². The fourth-order valence-corrected chi connectivity index (χ4v) is 2.44. The molecule has 106 valence electrons. The lowest BCUT2D eigenvalue weighted by atomic mass is 10.2. The van der Waals surface area contributed by atoms with Crippen molar-refractivity contribution in [1.29, 1.82) is 0 Å². The largest absolute Gasteiger partial charge is 0.489 e. The molecule has 2 nitrogen and oxygen atoms in total. The van der Waals surface area contributed by atoms with E-state index in [2.05, 4.69) is 35.5 Å². The Morgan fingerprint density at radius 1 is 1.10 bits per heavy atom. The number of halogens is 1. The van der Waals surface area contributed by atoms with E-state index in [1.807, 2.05) is 36.4 Å². The molecule has 0 N–H and O–H groups in total. The van der Waals surface area contributed by atoms with Crippen molar-refractivity contribution in [3.63, 3.8) is 0 Å². The fourth-order valence-electron chi connectivity index (χ4n) is 2.31. The number of hydrogen-bond acceptors (Lipinski definition) is 1. The Balaban J connectivity index is 1.75. The van der Waals surface area contributed by atoms with E-state index in [4.69, 9.17) is 16.3 Å². The molecule has 3 heteroatoms. The van der Waals surface area contributed by atoms with E-state index in [9.17, 15) is 0 Å². The molecule has 0 fully saturated rings. The lowest BCUT2D eigenvalue weighted by Crippen LogP contribution is -1.95. The summed E-state index contributed by atoms with van der Waals surface area (Å²) in [5.74, 6) is 0.869. The predicted octanol–water partition coefficient (Wildman–Crippen LogP) is 5.06. The SMILES string of the molecule is C=CCn1ccc2cc(OCc3ccc(Cl)cc3)ccc21. The molecule has 0 spiro atoms. The van der Waals surface area contributed by atoms with Crippen LogP contribution in [-0.4, -0.2) is 4.57 Å². The molecule has 3 aromatic rings. The molecule has 0 saturated heterocycles. The van der Waals surface area contributed by atoms with E-state index < -0.39 is 0 Å². The van der Waals surface area contributed by atoms with Crippen LogP contribution < -0.4 is 4.74 Å². The van der Waals surface area contributed by atoms with Crippen molar-refractivity contribution in [3.05, 3.63) is 78.0 Å². The Labute approximate surface area is 129 Å². The summed E-state index contributed by atoms with van der Waals surface area (Å²) < 4.78 is 7.99. The van der Waals surface area contributed by atoms with Crippen LogP contribution in [0.4, 0.5) is 0 Å². The highest BCUT2D eigenvalue weighted by Crippen LogP contribution is 2.23. The highest BCUT2D eigenvalue weighted by molar-refractivity contribution is 6.30. The zero-order valence-electron chi connectivity index (χ0n) is 11.6. The van der Waals surface area contributed by atoms with E-state index in [1.165, 1.54) is 10.9 Å². The van der Waals surface area contributed by atoms with Crippen molar-refractivity contribution < 1.29 is 4.74 Å². The van der Waals surface area contributed by atoms with Gasteiger partial charge in [0.2, 0.25) is 0 Å². The topological polar surface area (TPSA) is 14.2 Å². The zero-order valence-corrected chi connectivity index (χ0v) is 12.4. The van der Waals surface area contributed by atoms with Crippen molar-refractivity contribution in [2.24, 2.45) is 0 Å². The fraction of sp³-hybridized carbons (Fsp3) is 0.111. The van der Waals surface area contributed by atoms with Crippen molar-refractivity contribution in [2.75, 3.05) is 0 Å². The number of nitrogens with zero attached hydrogens (tertiary/aromatic N) is 1. The summed E-state index contributed by atoms with van der Waals surface area (Å²) in [6, 6.07) is 15.9. The van der Waals surface area contributed by atoms with Crippen LogP contribution in [-0.2, 0) is 13.2 Å². The maximum absolute atomic E-state index is 5.87. The molecular formula is C18H16ClNO. The summed E-state index contributed by atoms with van der Waals surface area (Å²) >= 11 is 5.87. The number of hydrogen-bond donors (Lipinski definition) is 0. The molecule has 0 aliphatic heterocycles. The molecule has 2 aromatic carbocycles. The second-order valence-electron chi connectivity index (χ2n) is 4.89. The lowest BCUT2D eigenvalue weighted by Gasteiger charge is -2.07. The monoisotopic (exact) mass is 297 g/mol. The normalized spacial score (nSPS) is 10.7. The average Bonchev–Trinajstić information content (AvgIpc) is 2.90. The van der Waals surface area contributed by atoms with Crippen LogP contribution in [0.2, 0.25) is 5.02 Å². The predicted molar refractivity (Wildman–Crippen MR) is 87.9 cm³/mol. The van der Waals surface area contributed by atoms with E-state index in [0.29, 0.717) is 6.61 Å². The summed E-state index contributed by atoms with van der Waals surface area (Å²) in [6.07, 6.45) is 3.96. The first-order chi connectivity index (χ1) is 10.3. The van der Waals surface area contributed by atoms with Gasteiger partial charge in [-0.2, -0.15) is 0 Å². The van der Waals surface area contributed by atoms with Crippen LogP contribution in [0.3, 0.4) is 0 Å². The van der Waals surface area contributed by atoms with Crippen molar-refractivity contribution in [1.82, 2.24) is 4.57 Å². The molecule has 0 saturated carbocycles. The molecule has 21 heavy (non-hydrogen) atoms. The average molecular weight is 298 g/mol. The molecule has 3 rings (SSSR count). The number of rotatable bonds is 5. The molecule has 0 aliphatic rings. The van der Waals surface area contributed by atoms with E-state index in [1.54, 1.807) is 0 Å².